The van der Waals surface area contributed by atoms with Crippen molar-refractivity contribution in [2.75, 3.05) is 0 Å². The minimum atomic E-state index is -0.765. The van der Waals surface area contributed by atoms with Crippen molar-refractivity contribution < 1.29 is 23.2 Å². The SMILES string of the molecule is Cc1noc(C(C)NC(=O)c2cc3c(-c4ccc(F)cc4F)nn(C(C)C(C)O)c3s2)n1. The number of halogens is 2. The number of rotatable bonds is 6. The monoisotopic (exact) mass is 461 g/mol. The summed E-state index contributed by atoms with van der Waals surface area (Å²) < 4.78 is 34.6. The highest BCUT2D eigenvalue weighted by Crippen LogP contribution is 2.37. The molecule has 0 aliphatic heterocycles. The third-order valence-corrected chi connectivity index (χ3v) is 6.26. The number of nitrogens with one attached hydrogen (secondary N) is 1. The molecule has 0 saturated heterocycles. The lowest BCUT2D eigenvalue weighted by molar-refractivity contribution is 0.0936. The second kappa shape index (κ2) is 8.40. The molecule has 4 aromatic rings. The molecule has 0 aliphatic rings. The van der Waals surface area contributed by atoms with E-state index in [4.69, 9.17) is 4.52 Å². The van der Waals surface area contributed by atoms with Crippen LogP contribution in [0.5, 0.6) is 0 Å². The summed E-state index contributed by atoms with van der Waals surface area (Å²) in [6.07, 6.45) is -0.746. The second-order valence-electron chi connectivity index (χ2n) is 7.60. The van der Waals surface area contributed by atoms with Gasteiger partial charge in [0.1, 0.15) is 28.2 Å². The lowest BCUT2D eigenvalue weighted by Gasteiger charge is -2.15. The van der Waals surface area contributed by atoms with Crippen LogP contribution in [0.4, 0.5) is 8.78 Å². The van der Waals surface area contributed by atoms with E-state index in [0.717, 1.165) is 23.5 Å². The fraction of sp³-hybridized carbons (Fsp3) is 0.333. The highest BCUT2D eigenvalue weighted by molar-refractivity contribution is 7.20. The molecule has 3 unspecified atom stereocenters. The standard InChI is InChI=1S/C21H21F2N5O3S/c1-9(20-25-12(4)27-31-20)24-19(30)17-8-15-18(14-6-5-13(22)7-16(14)23)26-28(21(15)32-17)10(2)11(3)29/h5-11,29H,1-4H3,(H,24,30). The van der Waals surface area contributed by atoms with Gasteiger partial charge in [-0.05, 0) is 45.9 Å². The predicted octanol–water partition coefficient (Wildman–Crippen LogP) is 4.17. The number of thiophene rings is 1. The number of hydrogen-bond donors (Lipinski definition) is 2. The van der Waals surface area contributed by atoms with Crippen LogP contribution in [0.1, 0.15) is 54.2 Å². The summed E-state index contributed by atoms with van der Waals surface area (Å²) in [5.41, 5.74) is 0.369. The molecule has 8 nitrogen and oxygen atoms in total. The van der Waals surface area contributed by atoms with Crippen LogP contribution in [0.3, 0.4) is 0 Å². The summed E-state index contributed by atoms with van der Waals surface area (Å²) in [5.74, 6) is -1.11. The number of carbonyl (C=O) groups is 1. The van der Waals surface area contributed by atoms with Crippen molar-refractivity contribution in [2.45, 2.75) is 45.9 Å². The number of amides is 1. The Balaban J connectivity index is 1.76. The van der Waals surface area contributed by atoms with Crippen LogP contribution < -0.4 is 5.32 Å². The predicted molar refractivity (Wildman–Crippen MR) is 114 cm³/mol. The maximum atomic E-state index is 14.5. The lowest BCUT2D eigenvalue weighted by atomic mass is 10.1. The molecular weight excluding hydrogens is 440 g/mol. The summed E-state index contributed by atoms with van der Waals surface area (Å²) in [7, 11) is 0. The fourth-order valence-corrected chi connectivity index (χ4v) is 4.32. The Morgan fingerprint density at radius 3 is 2.62 bits per heavy atom. The Morgan fingerprint density at radius 1 is 1.25 bits per heavy atom. The minimum absolute atomic E-state index is 0.104. The maximum Gasteiger partial charge on any atom is 0.262 e. The highest BCUT2D eigenvalue weighted by atomic mass is 32.1. The van der Waals surface area contributed by atoms with Crippen molar-refractivity contribution in [3.05, 3.63) is 52.5 Å². The first-order chi connectivity index (χ1) is 15.2. The first-order valence-electron chi connectivity index (χ1n) is 9.92. The maximum absolute atomic E-state index is 14.5. The molecular formula is C21H21F2N5O3S. The number of fused-ring (bicyclic) bond motifs is 1. The topological polar surface area (TPSA) is 106 Å². The van der Waals surface area contributed by atoms with Gasteiger partial charge in [-0.15, -0.1) is 11.3 Å². The van der Waals surface area contributed by atoms with Gasteiger partial charge in [0.2, 0.25) is 5.89 Å². The van der Waals surface area contributed by atoms with Gasteiger partial charge in [-0.3, -0.25) is 4.79 Å². The Bertz CT molecular complexity index is 1300. The molecule has 168 valence electrons. The fourth-order valence-electron chi connectivity index (χ4n) is 3.22. The van der Waals surface area contributed by atoms with Gasteiger partial charge in [-0.25, -0.2) is 13.5 Å². The molecule has 3 aromatic heterocycles. The van der Waals surface area contributed by atoms with Crippen LogP contribution >= 0.6 is 11.3 Å². The zero-order chi connectivity index (χ0) is 23.2. The van der Waals surface area contributed by atoms with Crippen molar-refractivity contribution in [2.24, 2.45) is 0 Å². The molecule has 0 fully saturated rings. The van der Waals surface area contributed by atoms with Crippen LogP contribution in [-0.2, 0) is 0 Å². The first kappa shape index (κ1) is 22.0. The number of aryl methyl sites for hydroxylation is 1. The molecule has 0 radical (unpaired) electrons. The number of aliphatic hydroxyl groups excluding tert-OH is 1. The van der Waals surface area contributed by atoms with Gasteiger partial charge in [-0.1, -0.05) is 5.16 Å². The van der Waals surface area contributed by atoms with E-state index in [1.807, 2.05) is 0 Å². The largest absolute Gasteiger partial charge is 0.391 e. The zero-order valence-corrected chi connectivity index (χ0v) is 18.6. The molecule has 32 heavy (non-hydrogen) atoms. The lowest BCUT2D eigenvalue weighted by Crippen LogP contribution is -2.26. The number of carbonyl (C=O) groups excluding carboxylic acids is 1. The van der Waals surface area contributed by atoms with Crippen molar-refractivity contribution in [3.63, 3.8) is 0 Å². The zero-order valence-electron chi connectivity index (χ0n) is 17.8. The van der Waals surface area contributed by atoms with Gasteiger partial charge in [0, 0.05) is 17.0 Å². The Hall–Kier alpha value is -3.18. The number of aromatic nitrogens is 4. The summed E-state index contributed by atoms with van der Waals surface area (Å²) in [6.45, 7) is 6.78. The Kier molecular flexibility index (Phi) is 5.78. The first-order valence-corrected chi connectivity index (χ1v) is 10.7. The van der Waals surface area contributed by atoms with E-state index < -0.39 is 29.8 Å². The molecule has 0 bridgehead atoms. The van der Waals surface area contributed by atoms with Gasteiger partial charge in [-0.2, -0.15) is 10.1 Å². The minimum Gasteiger partial charge on any atom is -0.391 e. The summed E-state index contributed by atoms with van der Waals surface area (Å²) >= 11 is 1.16. The van der Waals surface area contributed by atoms with Gasteiger partial charge in [0.05, 0.1) is 17.0 Å². The van der Waals surface area contributed by atoms with E-state index in [1.54, 1.807) is 38.4 Å². The van der Waals surface area contributed by atoms with Crippen molar-refractivity contribution in [3.8, 4) is 11.3 Å². The molecule has 3 atom stereocenters. The summed E-state index contributed by atoms with van der Waals surface area (Å²) in [5, 5.41) is 21.6. The van der Waals surface area contributed by atoms with Gasteiger partial charge in [0.25, 0.3) is 5.91 Å². The molecule has 1 amide bonds. The average molecular weight is 461 g/mol. The van der Waals surface area contributed by atoms with E-state index in [1.165, 1.54) is 6.07 Å². The molecule has 2 N–H and O–H groups in total. The van der Waals surface area contributed by atoms with Crippen LogP contribution in [0.15, 0.2) is 28.8 Å². The molecule has 0 spiro atoms. The van der Waals surface area contributed by atoms with Gasteiger partial charge in [0.15, 0.2) is 5.82 Å². The third-order valence-electron chi connectivity index (χ3n) is 5.14. The number of benzene rings is 1. The molecule has 0 aliphatic carbocycles. The summed E-state index contributed by atoms with van der Waals surface area (Å²) in [4.78, 5) is 17.9. The van der Waals surface area contributed by atoms with Crippen molar-refractivity contribution >= 4 is 27.5 Å². The Labute approximate surface area is 185 Å². The van der Waals surface area contributed by atoms with E-state index >= 15 is 0 Å². The van der Waals surface area contributed by atoms with E-state index in [2.05, 4.69) is 20.6 Å². The molecule has 4 rings (SSSR count). The summed E-state index contributed by atoms with van der Waals surface area (Å²) in [6, 6.07) is 3.89. The highest BCUT2D eigenvalue weighted by Gasteiger charge is 2.25. The second-order valence-corrected chi connectivity index (χ2v) is 8.63. The smallest absolute Gasteiger partial charge is 0.262 e. The van der Waals surface area contributed by atoms with Gasteiger partial charge >= 0.3 is 0 Å². The number of nitrogens with zero attached hydrogens (tertiary/aromatic N) is 4. The van der Waals surface area contributed by atoms with Crippen LogP contribution in [-0.4, -0.2) is 37.0 Å². The van der Waals surface area contributed by atoms with Crippen molar-refractivity contribution in [1.82, 2.24) is 25.2 Å². The Morgan fingerprint density at radius 2 is 2.00 bits per heavy atom. The van der Waals surface area contributed by atoms with E-state index in [9.17, 15) is 18.7 Å². The molecule has 11 heteroatoms. The average Bonchev–Trinajstić information content (AvgIpc) is 3.42. The van der Waals surface area contributed by atoms with Crippen LogP contribution in [0.25, 0.3) is 21.5 Å². The quantitative estimate of drug-likeness (QED) is 0.447. The van der Waals surface area contributed by atoms with Gasteiger partial charge < -0.3 is 14.9 Å². The molecule has 1 aromatic carbocycles. The van der Waals surface area contributed by atoms with Crippen LogP contribution in [0, 0.1) is 18.6 Å². The van der Waals surface area contributed by atoms with E-state index in [0.29, 0.717) is 20.9 Å². The number of hydrogen-bond acceptors (Lipinski definition) is 7. The van der Waals surface area contributed by atoms with E-state index in [-0.39, 0.29) is 23.1 Å². The third kappa shape index (κ3) is 4.00. The van der Waals surface area contributed by atoms with Crippen LogP contribution in [0.2, 0.25) is 0 Å². The molecule has 3 heterocycles. The normalized spacial score (nSPS) is 14.5. The number of aliphatic hydroxyl groups is 1. The van der Waals surface area contributed by atoms with Crippen molar-refractivity contribution in [1.29, 1.82) is 0 Å². The molecule has 0 saturated carbocycles.